The minimum absolute atomic E-state index is 0.0362. The molecule has 0 spiro atoms. The Morgan fingerprint density at radius 3 is 2.52 bits per heavy atom. The van der Waals surface area contributed by atoms with Gasteiger partial charge in [0, 0.05) is 25.6 Å². The van der Waals surface area contributed by atoms with E-state index in [4.69, 9.17) is 9.47 Å². The van der Waals surface area contributed by atoms with Crippen LogP contribution in [0.25, 0.3) is 0 Å². The lowest BCUT2D eigenvalue weighted by atomic mass is 9.97. The van der Waals surface area contributed by atoms with Crippen LogP contribution in [-0.2, 0) is 24.3 Å². The van der Waals surface area contributed by atoms with E-state index in [-0.39, 0.29) is 17.9 Å². The lowest BCUT2D eigenvalue weighted by Crippen LogP contribution is -2.45. The van der Waals surface area contributed by atoms with Gasteiger partial charge >= 0.3 is 0 Å². The first-order valence-electron chi connectivity index (χ1n) is 8.59. The molecular weight excluding hydrogens is 344 g/mol. The topological polar surface area (TPSA) is 84.9 Å². The van der Waals surface area contributed by atoms with Gasteiger partial charge in [0.15, 0.2) is 0 Å². The smallest absolute Gasteiger partial charge is 0.243 e. The third-order valence-electron chi connectivity index (χ3n) is 4.59. The van der Waals surface area contributed by atoms with E-state index in [1.54, 1.807) is 30.3 Å². The molecule has 1 N–H and O–H groups in total. The quantitative estimate of drug-likeness (QED) is 0.824. The van der Waals surface area contributed by atoms with Crippen LogP contribution in [0, 0.1) is 5.92 Å². The minimum atomic E-state index is -3.48. The summed E-state index contributed by atoms with van der Waals surface area (Å²) in [7, 11) is -3.48. The molecule has 0 saturated carbocycles. The molecule has 1 amide bonds. The largest absolute Gasteiger partial charge is 0.376 e. The van der Waals surface area contributed by atoms with E-state index in [1.807, 2.05) is 0 Å². The summed E-state index contributed by atoms with van der Waals surface area (Å²) in [6.45, 7) is 2.79. The number of benzene rings is 1. The summed E-state index contributed by atoms with van der Waals surface area (Å²) in [5.41, 5.74) is 0. The summed E-state index contributed by atoms with van der Waals surface area (Å²) in [6, 6.07) is 8.41. The maximum absolute atomic E-state index is 12.6. The van der Waals surface area contributed by atoms with Crippen molar-refractivity contribution in [3.8, 4) is 0 Å². The fourth-order valence-electron chi connectivity index (χ4n) is 3.11. The van der Waals surface area contributed by atoms with Crippen molar-refractivity contribution in [1.29, 1.82) is 0 Å². The first-order valence-corrected chi connectivity index (χ1v) is 10.0. The van der Waals surface area contributed by atoms with Crippen LogP contribution in [0.2, 0.25) is 0 Å². The predicted molar refractivity (Wildman–Crippen MR) is 91.5 cm³/mol. The second-order valence-corrected chi connectivity index (χ2v) is 8.24. The van der Waals surface area contributed by atoms with Crippen LogP contribution >= 0.6 is 0 Å². The summed E-state index contributed by atoms with van der Waals surface area (Å²) < 4.78 is 37.4. The third kappa shape index (κ3) is 4.58. The fourth-order valence-corrected chi connectivity index (χ4v) is 4.60. The lowest BCUT2D eigenvalue weighted by Gasteiger charge is -2.31. The Morgan fingerprint density at radius 1 is 1.16 bits per heavy atom. The van der Waals surface area contributed by atoms with Crippen molar-refractivity contribution in [3.63, 3.8) is 0 Å². The van der Waals surface area contributed by atoms with Crippen molar-refractivity contribution >= 4 is 15.9 Å². The van der Waals surface area contributed by atoms with E-state index in [9.17, 15) is 13.2 Å². The Labute approximate surface area is 148 Å². The molecule has 25 heavy (non-hydrogen) atoms. The number of hydrogen-bond acceptors (Lipinski definition) is 5. The van der Waals surface area contributed by atoms with Gasteiger partial charge in [0.1, 0.15) is 0 Å². The third-order valence-corrected chi connectivity index (χ3v) is 6.51. The molecule has 2 saturated heterocycles. The highest BCUT2D eigenvalue weighted by Gasteiger charge is 2.32. The molecule has 0 unspecified atom stereocenters. The summed E-state index contributed by atoms with van der Waals surface area (Å²) >= 11 is 0. The monoisotopic (exact) mass is 368 g/mol. The van der Waals surface area contributed by atoms with Gasteiger partial charge in [0.05, 0.1) is 30.8 Å². The van der Waals surface area contributed by atoms with Crippen LogP contribution < -0.4 is 5.32 Å². The Hall–Kier alpha value is -1.48. The number of carbonyl (C=O) groups excluding carboxylic acids is 1. The first-order chi connectivity index (χ1) is 12.1. The van der Waals surface area contributed by atoms with E-state index in [0.29, 0.717) is 57.2 Å². The number of rotatable bonds is 5. The maximum Gasteiger partial charge on any atom is 0.243 e. The average molecular weight is 368 g/mol. The van der Waals surface area contributed by atoms with Crippen LogP contribution in [0.5, 0.6) is 0 Å². The number of ether oxygens (including phenoxy) is 2. The van der Waals surface area contributed by atoms with Gasteiger partial charge in [-0.3, -0.25) is 4.79 Å². The molecule has 138 valence electrons. The molecule has 1 aromatic carbocycles. The molecule has 0 aromatic heterocycles. The number of sulfonamides is 1. The molecule has 2 heterocycles. The highest BCUT2D eigenvalue weighted by atomic mass is 32.2. The van der Waals surface area contributed by atoms with Crippen LogP contribution in [0.4, 0.5) is 0 Å². The zero-order valence-electron chi connectivity index (χ0n) is 14.1. The van der Waals surface area contributed by atoms with Gasteiger partial charge < -0.3 is 14.8 Å². The van der Waals surface area contributed by atoms with E-state index in [1.165, 1.54) is 4.31 Å². The molecule has 0 aliphatic carbocycles. The van der Waals surface area contributed by atoms with Crippen LogP contribution in [0.1, 0.15) is 12.8 Å². The molecular formula is C17H24N2O5S. The van der Waals surface area contributed by atoms with Gasteiger partial charge in [-0.1, -0.05) is 18.2 Å². The van der Waals surface area contributed by atoms with Crippen molar-refractivity contribution < 1.29 is 22.7 Å². The number of piperidine rings is 1. The number of amides is 1. The number of hydrogen-bond donors (Lipinski definition) is 1. The van der Waals surface area contributed by atoms with Crippen LogP contribution in [0.3, 0.4) is 0 Å². The van der Waals surface area contributed by atoms with Gasteiger partial charge in [-0.15, -0.1) is 0 Å². The summed E-state index contributed by atoms with van der Waals surface area (Å²) in [5, 5.41) is 2.90. The molecule has 3 rings (SSSR count). The molecule has 2 aliphatic rings. The van der Waals surface area contributed by atoms with Crippen molar-refractivity contribution in [2.75, 3.05) is 39.5 Å². The van der Waals surface area contributed by atoms with Crippen LogP contribution in [0.15, 0.2) is 35.2 Å². The van der Waals surface area contributed by atoms with E-state index in [2.05, 4.69) is 5.32 Å². The van der Waals surface area contributed by atoms with Crippen molar-refractivity contribution in [3.05, 3.63) is 30.3 Å². The standard InChI is InChI=1S/C17H24N2O5S/c20-17(18-12-15-13-23-10-11-24-15)14-6-8-19(9-7-14)25(21,22)16-4-2-1-3-5-16/h1-5,14-15H,6-13H2,(H,18,20)/t15-/m0/s1. The number of nitrogens with zero attached hydrogens (tertiary/aromatic N) is 1. The van der Waals surface area contributed by atoms with Gasteiger partial charge in [-0.05, 0) is 25.0 Å². The Kier molecular flexibility index (Phi) is 6.06. The number of carbonyl (C=O) groups is 1. The van der Waals surface area contributed by atoms with E-state index < -0.39 is 10.0 Å². The van der Waals surface area contributed by atoms with E-state index >= 15 is 0 Å². The molecule has 8 heteroatoms. The van der Waals surface area contributed by atoms with Crippen LogP contribution in [-0.4, -0.2) is 64.2 Å². The Bertz CT molecular complexity index is 666. The lowest BCUT2D eigenvalue weighted by molar-refractivity contribution is -0.128. The van der Waals surface area contributed by atoms with Crippen molar-refractivity contribution in [2.45, 2.75) is 23.8 Å². The van der Waals surface area contributed by atoms with Gasteiger partial charge in [0.25, 0.3) is 0 Å². The van der Waals surface area contributed by atoms with Crippen molar-refractivity contribution in [2.24, 2.45) is 5.92 Å². The van der Waals surface area contributed by atoms with Crippen molar-refractivity contribution in [1.82, 2.24) is 9.62 Å². The second-order valence-electron chi connectivity index (χ2n) is 6.30. The predicted octanol–water partition coefficient (Wildman–Crippen LogP) is 0.619. The second kappa shape index (κ2) is 8.27. The average Bonchev–Trinajstić information content (AvgIpc) is 2.68. The fraction of sp³-hybridized carbons (Fsp3) is 0.588. The minimum Gasteiger partial charge on any atom is -0.376 e. The Morgan fingerprint density at radius 2 is 1.88 bits per heavy atom. The highest BCUT2D eigenvalue weighted by molar-refractivity contribution is 7.89. The molecule has 0 bridgehead atoms. The normalized spacial score (nSPS) is 23.3. The zero-order valence-corrected chi connectivity index (χ0v) is 14.9. The Balaban J connectivity index is 1.49. The molecule has 2 fully saturated rings. The summed E-state index contributed by atoms with van der Waals surface area (Å²) in [4.78, 5) is 12.6. The first kappa shape index (κ1) is 18.3. The maximum atomic E-state index is 12.6. The molecule has 1 atom stereocenters. The molecule has 2 aliphatic heterocycles. The van der Waals surface area contributed by atoms with Gasteiger partial charge in [-0.2, -0.15) is 4.31 Å². The van der Waals surface area contributed by atoms with Gasteiger partial charge in [-0.25, -0.2) is 8.42 Å². The summed E-state index contributed by atoms with van der Waals surface area (Å²) in [6.07, 6.45) is 0.955. The highest BCUT2D eigenvalue weighted by Crippen LogP contribution is 2.23. The SMILES string of the molecule is O=C(NC[C@H]1COCCO1)C1CCN(S(=O)(=O)c2ccccc2)CC1. The molecule has 7 nitrogen and oxygen atoms in total. The van der Waals surface area contributed by atoms with Gasteiger partial charge in [0.2, 0.25) is 15.9 Å². The molecule has 1 aromatic rings. The zero-order chi connectivity index (χ0) is 17.7. The number of nitrogens with one attached hydrogen (secondary N) is 1. The van der Waals surface area contributed by atoms with E-state index in [0.717, 1.165) is 0 Å². The summed E-state index contributed by atoms with van der Waals surface area (Å²) in [5.74, 6) is -0.197. The molecule has 0 radical (unpaired) electrons.